The quantitative estimate of drug-likeness (QED) is 0.167. The van der Waals surface area contributed by atoms with Crippen LogP contribution in [0, 0.1) is 0 Å². The fraction of sp³-hybridized carbons (Fsp3) is 0.500. The van der Waals surface area contributed by atoms with Crippen LogP contribution in [0.15, 0.2) is 52.2 Å². The Morgan fingerprint density at radius 2 is 1.93 bits per heavy atom. The Labute approximate surface area is 196 Å². The molecule has 0 saturated heterocycles. The van der Waals surface area contributed by atoms with Crippen LogP contribution >= 0.6 is 35.3 Å². The highest BCUT2D eigenvalue weighted by Gasteiger charge is 2.23. The molecule has 0 amide bonds. The van der Waals surface area contributed by atoms with E-state index in [4.69, 9.17) is 4.74 Å². The molecule has 29 heavy (non-hydrogen) atoms. The summed E-state index contributed by atoms with van der Waals surface area (Å²) in [6, 6.07) is 12.4. The molecule has 0 radical (unpaired) electrons. The maximum atomic E-state index is 10.6. The van der Waals surface area contributed by atoms with E-state index in [9.17, 15) is 5.11 Å². The molecule has 1 unspecified atom stereocenters. The zero-order valence-electron chi connectivity index (χ0n) is 17.4. The maximum absolute atomic E-state index is 10.6. The van der Waals surface area contributed by atoms with E-state index in [1.54, 1.807) is 18.3 Å². The third-order valence-corrected chi connectivity index (χ3v) is 5.10. The standard InChI is InChI=1S/C22H33N3O2S.HI/c1-3-23-21(25-18-22(2,26)20-12-16-28-17-20)24-13-7-8-14-27-15-11-19-9-5-4-6-10-19;/h4-6,9-10,12,16-17,26H,3,7-8,11,13-15,18H2,1-2H3,(H2,23,24,25);1H. The molecule has 0 saturated carbocycles. The van der Waals surface area contributed by atoms with Crippen LogP contribution in [0.2, 0.25) is 0 Å². The number of thiophene rings is 1. The Morgan fingerprint density at radius 3 is 2.62 bits per heavy atom. The summed E-state index contributed by atoms with van der Waals surface area (Å²) in [7, 11) is 0. The Bertz CT molecular complexity index is 679. The number of hydrogen-bond acceptors (Lipinski definition) is 4. The predicted octanol–water partition coefficient (Wildman–Crippen LogP) is 4.17. The van der Waals surface area contributed by atoms with Crippen LogP contribution in [0.4, 0.5) is 0 Å². The maximum Gasteiger partial charge on any atom is 0.191 e. The molecule has 0 spiro atoms. The van der Waals surface area contributed by atoms with Gasteiger partial charge in [0.1, 0.15) is 5.60 Å². The van der Waals surface area contributed by atoms with E-state index in [1.165, 1.54) is 5.56 Å². The van der Waals surface area contributed by atoms with Crippen molar-refractivity contribution < 1.29 is 9.84 Å². The number of nitrogens with zero attached hydrogens (tertiary/aromatic N) is 1. The lowest BCUT2D eigenvalue weighted by molar-refractivity contribution is 0.0677. The first-order valence-electron chi connectivity index (χ1n) is 10.0. The second-order valence-corrected chi connectivity index (χ2v) is 7.74. The van der Waals surface area contributed by atoms with Gasteiger partial charge in [0.05, 0.1) is 13.2 Å². The van der Waals surface area contributed by atoms with Gasteiger partial charge in [-0.25, -0.2) is 4.99 Å². The van der Waals surface area contributed by atoms with Gasteiger partial charge in [0.15, 0.2) is 5.96 Å². The molecular formula is C22H34IN3O2S. The molecule has 2 aromatic rings. The highest BCUT2D eigenvalue weighted by Crippen LogP contribution is 2.23. The summed E-state index contributed by atoms with van der Waals surface area (Å²) >= 11 is 1.58. The molecule has 1 aromatic carbocycles. The first-order chi connectivity index (χ1) is 13.6. The molecule has 3 N–H and O–H groups in total. The molecule has 7 heteroatoms. The molecule has 0 fully saturated rings. The number of rotatable bonds is 12. The van der Waals surface area contributed by atoms with Crippen LogP contribution in [-0.2, 0) is 16.8 Å². The van der Waals surface area contributed by atoms with Gasteiger partial charge >= 0.3 is 0 Å². The molecule has 1 atom stereocenters. The molecule has 162 valence electrons. The highest BCUT2D eigenvalue weighted by molar-refractivity contribution is 14.0. The van der Waals surface area contributed by atoms with Gasteiger partial charge in [0.2, 0.25) is 0 Å². The average molecular weight is 532 g/mol. The van der Waals surface area contributed by atoms with E-state index < -0.39 is 5.60 Å². The second-order valence-electron chi connectivity index (χ2n) is 6.96. The number of unbranched alkanes of at least 4 members (excludes halogenated alkanes) is 1. The van der Waals surface area contributed by atoms with E-state index >= 15 is 0 Å². The van der Waals surface area contributed by atoms with Crippen LogP contribution in [0.5, 0.6) is 0 Å². The van der Waals surface area contributed by atoms with Crippen molar-refractivity contribution in [3.8, 4) is 0 Å². The molecular weight excluding hydrogens is 497 g/mol. The van der Waals surface area contributed by atoms with Gasteiger partial charge in [0.25, 0.3) is 0 Å². The lowest BCUT2D eigenvalue weighted by Gasteiger charge is -2.21. The van der Waals surface area contributed by atoms with E-state index in [0.717, 1.165) is 57.1 Å². The minimum Gasteiger partial charge on any atom is -0.383 e. The van der Waals surface area contributed by atoms with Crippen molar-refractivity contribution in [1.82, 2.24) is 10.6 Å². The van der Waals surface area contributed by atoms with Gasteiger partial charge in [-0.1, -0.05) is 30.3 Å². The lowest BCUT2D eigenvalue weighted by Crippen LogP contribution is -2.39. The van der Waals surface area contributed by atoms with Crippen molar-refractivity contribution in [2.75, 3.05) is 32.8 Å². The number of ether oxygens (including phenoxy) is 1. The fourth-order valence-corrected chi connectivity index (χ4v) is 3.49. The SMILES string of the molecule is CCNC(=NCC(C)(O)c1ccsc1)NCCCCOCCc1ccccc1.I. The first kappa shape index (κ1) is 25.9. The largest absolute Gasteiger partial charge is 0.383 e. The van der Waals surface area contributed by atoms with Crippen molar-refractivity contribution in [1.29, 1.82) is 0 Å². The third kappa shape index (κ3) is 10.4. The zero-order chi connectivity index (χ0) is 20.1. The van der Waals surface area contributed by atoms with Crippen LogP contribution in [0.3, 0.4) is 0 Å². The lowest BCUT2D eigenvalue weighted by atomic mass is 10.00. The van der Waals surface area contributed by atoms with E-state index in [1.807, 2.05) is 29.8 Å². The zero-order valence-corrected chi connectivity index (χ0v) is 20.5. The average Bonchev–Trinajstić information content (AvgIpc) is 3.25. The van der Waals surface area contributed by atoms with Crippen molar-refractivity contribution >= 4 is 41.3 Å². The highest BCUT2D eigenvalue weighted by atomic mass is 127. The Kier molecular flexibility index (Phi) is 13.2. The predicted molar refractivity (Wildman–Crippen MR) is 133 cm³/mol. The van der Waals surface area contributed by atoms with Gasteiger partial charge < -0.3 is 20.5 Å². The Balaban J connectivity index is 0.00000420. The summed E-state index contributed by atoms with van der Waals surface area (Å²) < 4.78 is 5.72. The van der Waals surface area contributed by atoms with Gasteiger partial charge in [-0.3, -0.25) is 0 Å². The summed E-state index contributed by atoms with van der Waals surface area (Å²) in [6.07, 6.45) is 2.98. The molecule has 1 heterocycles. The van der Waals surface area contributed by atoms with Gasteiger partial charge in [-0.15, -0.1) is 24.0 Å². The fourth-order valence-electron chi connectivity index (χ4n) is 2.71. The van der Waals surface area contributed by atoms with Crippen molar-refractivity contribution in [3.05, 3.63) is 58.3 Å². The molecule has 0 aliphatic heterocycles. The number of benzene rings is 1. The topological polar surface area (TPSA) is 65.9 Å². The van der Waals surface area contributed by atoms with E-state index in [2.05, 4.69) is 39.9 Å². The molecule has 2 rings (SSSR count). The Hall–Kier alpha value is -1.16. The number of aliphatic hydroxyl groups is 1. The van der Waals surface area contributed by atoms with Gasteiger partial charge in [-0.05, 0) is 61.1 Å². The monoisotopic (exact) mass is 531 g/mol. The minimum absolute atomic E-state index is 0. The number of nitrogens with one attached hydrogen (secondary N) is 2. The van der Waals surface area contributed by atoms with E-state index in [0.29, 0.717) is 6.54 Å². The summed E-state index contributed by atoms with van der Waals surface area (Å²) in [4.78, 5) is 4.54. The van der Waals surface area contributed by atoms with Crippen molar-refractivity contribution in [2.24, 2.45) is 4.99 Å². The normalized spacial score (nSPS) is 13.4. The number of aliphatic imine (C=N–C) groups is 1. The van der Waals surface area contributed by atoms with Gasteiger partial charge in [0, 0.05) is 19.7 Å². The first-order valence-corrected chi connectivity index (χ1v) is 10.9. The molecule has 0 bridgehead atoms. The molecule has 1 aromatic heterocycles. The molecule has 0 aliphatic carbocycles. The molecule has 5 nitrogen and oxygen atoms in total. The number of guanidine groups is 1. The van der Waals surface area contributed by atoms with Crippen LogP contribution in [0.1, 0.15) is 37.8 Å². The summed E-state index contributed by atoms with van der Waals surface area (Å²) in [6.45, 7) is 7.31. The number of halogens is 1. The second kappa shape index (κ2) is 14.8. The third-order valence-electron chi connectivity index (χ3n) is 4.42. The smallest absolute Gasteiger partial charge is 0.191 e. The van der Waals surface area contributed by atoms with E-state index in [-0.39, 0.29) is 24.0 Å². The van der Waals surface area contributed by atoms with Crippen LogP contribution in [0.25, 0.3) is 0 Å². The Morgan fingerprint density at radius 1 is 1.14 bits per heavy atom. The summed E-state index contributed by atoms with van der Waals surface area (Å²) in [5.41, 5.74) is 1.27. The van der Waals surface area contributed by atoms with Gasteiger partial charge in [-0.2, -0.15) is 11.3 Å². The summed E-state index contributed by atoms with van der Waals surface area (Å²) in [5.74, 6) is 0.739. The van der Waals surface area contributed by atoms with Crippen LogP contribution in [-0.4, -0.2) is 43.9 Å². The summed E-state index contributed by atoms with van der Waals surface area (Å²) in [5, 5.41) is 21.1. The van der Waals surface area contributed by atoms with Crippen LogP contribution < -0.4 is 10.6 Å². The minimum atomic E-state index is -0.949. The molecule has 0 aliphatic rings. The van der Waals surface area contributed by atoms with Crippen molar-refractivity contribution in [3.63, 3.8) is 0 Å². The van der Waals surface area contributed by atoms with Crippen molar-refractivity contribution in [2.45, 2.75) is 38.7 Å². The number of hydrogen-bond donors (Lipinski definition) is 3.